The Hall–Kier alpha value is -2.44. The van der Waals surface area contributed by atoms with E-state index in [1.165, 1.54) is 21.4 Å². The van der Waals surface area contributed by atoms with Crippen molar-refractivity contribution in [1.82, 2.24) is 5.43 Å². The van der Waals surface area contributed by atoms with Crippen LogP contribution in [-0.2, 0) is 0 Å². The van der Waals surface area contributed by atoms with Gasteiger partial charge in [0.25, 0.3) is 0 Å². The Balaban J connectivity index is 2.11. The maximum Gasteiger partial charge on any atom is 0.199 e. The molecule has 3 aromatic carbocycles. The Morgan fingerprint density at radius 2 is 1.07 bits per heavy atom. The molecule has 2 nitrogen and oxygen atoms in total. The standard InChI is InChI=1S/C24H26N2P/c1-19-24(2,3)23(26-25-19)27(20-13-7-4-8-14-20,21-15-9-5-10-16-21)22-17-11-6-12-18-22/h4-19,25H,1-3H3/q+1/t19-/m0/s1. The molecule has 0 radical (unpaired) electrons. The molecule has 0 fully saturated rings. The van der Waals surface area contributed by atoms with Gasteiger partial charge in [-0.2, -0.15) is 0 Å². The van der Waals surface area contributed by atoms with Crippen molar-refractivity contribution in [1.29, 1.82) is 0 Å². The molecule has 1 atom stereocenters. The van der Waals surface area contributed by atoms with Crippen molar-refractivity contribution < 1.29 is 0 Å². The minimum atomic E-state index is -2.07. The van der Waals surface area contributed by atoms with Gasteiger partial charge >= 0.3 is 0 Å². The van der Waals surface area contributed by atoms with E-state index in [1.54, 1.807) is 0 Å². The number of nitrogens with zero attached hydrogens (tertiary/aromatic N) is 1. The summed E-state index contributed by atoms with van der Waals surface area (Å²) in [6.07, 6.45) is 0. The number of hydrazone groups is 1. The third kappa shape index (κ3) is 2.80. The fourth-order valence-electron chi connectivity index (χ4n) is 3.93. The second-order valence-electron chi connectivity index (χ2n) is 7.69. The summed E-state index contributed by atoms with van der Waals surface area (Å²) in [5.74, 6) is 0. The van der Waals surface area contributed by atoms with Gasteiger partial charge < -0.3 is 5.43 Å². The number of hydrogen-bond acceptors (Lipinski definition) is 2. The second kappa shape index (κ2) is 6.94. The fourth-order valence-corrected chi connectivity index (χ4v) is 8.69. The van der Waals surface area contributed by atoms with Gasteiger partial charge in [0.2, 0.25) is 0 Å². The molecule has 0 spiro atoms. The van der Waals surface area contributed by atoms with Gasteiger partial charge in [-0.05, 0) is 57.2 Å². The molecule has 3 aromatic rings. The summed E-state index contributed by atoms with van der Waals surface area (Å²) in [5, 5.41) is 9.04. The van der Waals surface area contributed by atoms with E-state index >= 15 is 0 Å². The molecule has 27 heavy (non-hydrogen) atoms. The normalized spacial score (nSPS) is 18.6. The molecular weight excluding hydrogens is 347 g/mol. The SMILES string of the molecule is C[C@@H]1NN=C([P+](c2ccccc2)(c2ccccc2)c2ccccc2)C1(C)C. The molecule has 0 bridgehead atoms. The first-order valence-electron chi connectivity index (χ1n) is 9.48. The summed E-state index contributed by atoms with van der Waals surface area (Å²) < 4.78 is 0. The van der Waals surface area contributed by atoms with Crippen molar-refractivity contribution in [3.63, 3.8) is 0 Å². The van der Waals surface area contributed by atoms with Crippen molar-refractivity contribution in [3.05, 3.63) is 91.0 Å². The average Bonchev–Trinajstić information content (AvgIpc) is 2.99. The minimum Gasteiger partial charge on any atom is -0.303 e. The van der Waals surface area contributed by atoms with Crippen molar-refractivity contribution in [2.24, 2.45) is 10.5 Å². The van der Waals surface area contributed by atoms with Gasteiger partial charge in [-0.1, -0.05) is 54.6 Å². The monoisotopic (exact) mass is 373 g/mol. The zero-order valence-electron chi connectivity index (χ0n) is 16.1. The smallest absolute Gasteiger partial charge is 0.199 e. The molecule has 0 saturated carbocycles. The lowest BCUT2D eigenvalue weighted by Crippen LogP contribution is -2.44. The Morgan fingerprint density at radius 3 is 1.37 bits per heavy atom. The van der Waals surface area contributed by atoms with Crippen LogP contribution in [0.3, 0.4) is 0 Å². The first kappa shape index (κ1) is 17.9. The van der Waals surface area contributed by atoms with E-state index in [1.807, 2.05) is 0 Å². The highest BCUT2D eigenvalue weighted by Gasteiger charge is 2.59. The molecule has 0 saturated heterocycles. The van der Waals surface area contributed by atoms with Crippen molar-refractivity contribution >= 4 is 28.6 Å². The highest BCUT2D eigenvalue weighted by molar-refractivity contribution is 8.08. The van der Waals surface area contributed by atoms with E-state index in [-0.39, 0.29) is 5.41 Å². The molecular formula is C24H26N2P+. The Morgan fingerprint density at radius 1 is 0.704 bits per heavy atom. The largest absolute Gasteiger partial charge is 0.303 e. The van der Waals surface area contributed by atoms with E-state index in [2.05, 4.69) is 117 Å². The van der Waals surface area contributed by atoms with Crippen LogP contribution in [0, 0.1) is 5.41 Å². The summed E-state index contributed by atoms with van der Waals surface area (Å²) >= 11 is 0. The Labute approximate surface area is 162 Å². The van der Waals surface area contributed by atoms with Crippen LogP contribution in [0.5, 0.6) is 0 Å². The molecule has 0 unspecified atom stereocenters. The molecule has 4 rings (SSSR count). The molecule has 1 heterocycles. The molecule has 0 aliphatic carbocycles. The predicted octanol–water partition coefficient (Wildman–Crippen LogP) is 4.31. The first-order valence-corrected chi connectivity index (χ1v) is 11.3. The molecule has 1 N–H and O–H groups in total. The van der Waals surface area contributed by atoms with Crippen LogP contribution in [-0.4, -0.2) is 11.5 Å². The maximum atomic E-state index is 4.99. The summed E-state index contributed by atoms with van der Waals surface area (Å²) in [5.41, 5.74) is 4.61. The highest BCUT2D eigenvalue weighted by atomic mass is 31.2. The Kier molecular flexibility index (Phi) is 4.61. The summed E-state index contributed by atoms with van der Waals surface area (Å²) in [6.45, 7) is 6.87. The van der Waals surface area contributed by atoms with Gasteiger partial charge in [-0.3, -0.25) is 0 Å². The number of hydrogen-bond donors (Lipinski definition) is 1. The lowest BCUT2D eigenvalue weighted by molar-refractivity contribution is 0.405. The van der Waals surface area contributed by atoms with E-state index in [4.69, 9.17) is 5.10 Å². The van der Waals surface area contributed by atoms with E-state index in [9.17, 15) is 0 Å². The van der Waals surface area contributed by atoms with Crippen molar-refractivity contribution in [2.45, 2.75) is 26.8 Å². The summed E-state index contributed by atoms with van der Waals surface area (Å²) in [7, 11) is -2.07. The third-order valence-corrected chi connectivity index (χ3v) is 10.3. The quantitative estimate of drug-likeness (QED) is 0.677. The van der Waals surface area contributed by atoms with Crippen LogP contribution >= 0.6 is 7.26 Å². The zero-order chi connectivity index (χ0) is 18.9. The zero-order valence-corrected chi connectivity index (χ0v) is 17.0. The van der Waals surface area contributed by atoms with Crippen LogP contribution < -0.4 is 21.3 Å². The van der Waals surface area contributed by atoms with Crippen molar-refractivity contribution in [3.8, 4) is 0 Å². The van der Waals surface area contributed by atoms with Crippen LogP contribution in [0.1, 0.15) is 20.8 Å². The topological polar surface area (TPSA) is 24.4 Å². The minimum absolute atomic E-state index is 0.0463. The van der Waals surface area contributed by atoms with Crippen LogP contribution in [0.25, 0.3) is 0 Å². The maximum absolute atomic E-state index is 4.99. The molecule has 1 aliphatic heterocycles. The Bertz CT molecular complexity index is 837. The number of nitrogens with one attached hydrogen (secondary N) is 1. The number of benzene rings is 3. The predicted molar refractivity (Wildman–Crippen MR) is 119 cm³/mol. The summed E-state index contributed by atoms with van der Waals surface area (Å²) in [4.78, 5) is 0. The van der Waals surface area contributed by atoms with E-state index in [0.717, 1.165) is 0 Å². The van der Waals surface area contributed by atoms with Gasteiger partial charge in [0.05, 0.1) is 11.5 Å². The fraction of sp³-hybridized carbons (Fsp3) is 0.208. The highest BCUT2D eigenvalue weighted by Crippen LogP contribution is 2.62. The molecule has 0 aromatic heterocycles. The van der Waals surface area contributed by atoms with Crippen LogP contribution in [0.15, 0.2) is 96.1 Å². The lowest BCUT2D eigenvalue weighted by Gasteiger charge is -2.33. The molecule has 0 amide bonds. The first-order chi connectivity index (χ1) is 13.1. The van der Waals surface area contributed by atoms with Gasteiger partial charge in [0.15, 0.2) is 12.7 Å². The van der Waals surface area contributed by atoms with Crippen molar-refractivity contribution in [2.75, 3.05) is 0 Å². The van der Waals surface area contributed by atoms with Gasteiger partial charge in [0.1, 0.15) is 15.9 Å². The molecule has 3 heteroatoms. The summed E-state index contributed by atoms with van der Waals surface area (Å²) in [6, 6.07) is 33.1. The third-order valence-electron chi connectivity index (χ3n) is 5.77. The van der Waals surface area contributed by atoms with Gasteiger partial charge in [0, 0.05) is 0 Å². The lowest BCUT2D eigenvalue weighted by atomic mass is 9.88. The second-order valence-corrected chi connectivity index (χ2v) is 11.0. The molecule has 1 aliphatic rings. The van der Waals surface area contributed by atoms with Crippen LogP contribution in [0.2, 0.25) is 0 Å². The van der Waals surface area contributed by atoms with Gasteiger partial charge in [-0.15, -0.1) is 5.10 Å². The number of rotatable bonds is 4. The van der Waals surface area contributed by atoms with Gasteiger partial charge in [-0.25, -0.2) is 0 Å². The average molecular weight is 373 g/mol. The van der Waals surface area contributed by atoms with Crippen LogP contribution in [0.4, 0.5) is 0 Å². The van der Waals surface area contributed by atoms with E-state index in [0.29, 0.717) is 6.04 Å². The van der Waals surface area contributed by atoms with E-state index < -0.39 is 7.26 Å². The molecule has 136 valence electrons.